The summed E-state index contributed by atoms with van der Waals surface area (Å²) in [5.74, 6) is -1.44. The van der Waals surface area contributed by atoms with Crippen LogP contribution in [0.4, 0.5) is 13.2 Å². The Morgan fingerprint density at radius 1 is 1.03 bits per heavy atom. The number of carbonyl (C=O) groups is 1. The van der Waals surface area contributed by atoms with Gasteiger partial charge in [-0.25, -0.2) is 0 Å². The number of fused-ring (bicyclic) bond motifs is 2. The lowest BCUT2D eigenvalue weighted by atomic mass is 9.91. The van der Waals surface area contributed by atoms with Crippen LogP contribution in [0, 0.1) is 5.92 Å². The van der Waals surface area contributed by atoms with Crippen molar-refractivity contribution in [3.05, 3.63) is 71.9 Å². The first-order chi connectivity index (χ1) is 18.3. The monoisotopic (exact) mass is 522 g/mol. The Morgan fingerprint density at radius 2 is 1.74 bits per heavy atom. The van der Waals surface area contributed by atoms with Crippen molar-refractivity contribution in [2.45, 2.75) is 38.4 Å². The Kier molecular flexibility index (Phi) is 7.25. The number of hydrogen-bond donors (Lipinski definition) is 1. The maximum Gasteiger partial charge on any atom is 0.391 e. The van der Waals surface area contributed by atoms with Gasteiger partial charge in [-0.2, -0.15) is 13.2 Å². The van der Waals surface area contributed by atoms with Gasteiger partial charge in [-0.3, -0.25) is 14.7 Å². The molecule has 1 N–H and O–H groups in total. The zero-order valence-corrected chi connectivity index (χ0v) is 21.1. The number of carboxylic acids is 1. The number of aromatic nitrogens is 1. The number of methoxy groups -OCH3 is 1. The van der Waals surface area contributed by atoms with Crippen LogP contribution in [0.2, 0.25) is 0 Å². The highest BCUT2D eigenvalue weighted by Gasteiger charge is 2.41. The van der Waals surface area contributed by atoms with E-state index in [0.717, 1.165) is 43.9 Å². The molecular weight excluding hydrogens is 493 g/mol. The van der Waals surface area contributed by atoms with E-state index in [9.17, 15) is 23.1 Å². The number of likely N-dealkylation sites (tertiary alicyclic amines) is 1. The highest BCUT2D eigenvalue weighted by molar-refractivity contribution is 6.07. The molecule has 1 fully saturated rings. The first kappa shape index (κ1) is 26.0. The fourth-order valence-corrected chi connectivity index (χ4v) is 5.55. The second kappa shape index (κ2) is 10.6. The summed E-state index contributed by atoms with van der Waals surface area (Å²) in [5.41, 5.74) is 4.44. The second-order valence-corrected chi connectivity index (χ2v) is 9.82. The molecule has 0 aliphatic carbocycles. The largest absolute Gasteiger partial charge is 0.496 e. The second-order valence-electron chi connectivity index (χ2n) is 9.82. The third-order valence-electron chi connectivity index (χ3n) is 7.50. The number of alkyl halides is 3. The fourth-order valence-electron chi connectivity index (χ4n) is 5.55. The summed E-state index contributed by atoms with van der Waals surface area (Å²) in [6.45, 7) is 1.29. The summed E-state index contributed by atoms with van der Waals surface area (Å²) in [4.78, 5) is 18.0. The molecule has 1 aliphatic rings. The van der Waals surface area contributed by atoms with E-state index in [1.807, 2.05) is 54.6 Å². The molecule has 38 heavy (non-hydrogen) atoms. The van der Waals surface area contributed by atoms with Crippen LogP contribution in [0.1, 0.15) is 30.4 Å². The minimum Gasteiger partial charge on any atom is -0.496 e. The molecule has 0 unspecified atom stereocenters. The molecular formula is C30H29F3N2O3. The molecule has 1 aliphatic heterocycles. The van der Waals surface area contributed by atoms with E-state index in [0.29, 0.717) is 31.8 Å². The molecule has 3 aromatic carbocycles. The Hall–Kier alpha value is -3.65. The summed E-state index contributed by atoms with van der Waals surface area (Å²) in [7, 11) is 1.61. The van der Waals surface area contributed by atoms with Crippen molar-refractivity contribution in [1.29, 1.82) is 0 Å². The Balaban J connectivity index is 1.57. The van der Waals surface area contributed by atoms with Crippen LogP contribution in [0.25, 0.3) is 32.8 Å². The van der Waals surface area contributed by atoms with Gasteiger partial charge in [0.25, 0.3) is 0 Å². The first-order valence-corrected chi connectivity index (χ1v) is 12.7. The standard InChI is InChI=1S/C30H29F3N2O3/c1-38-26-17-20(18-35-15-12-21(13-16-35)30(31,32)33)23-9-4-14-34-29(23)28(26)25-8-3-6-22-19(10-11-27(36)37)5-2-7-24(22)25/h2-9,14,17,21H,10-13,15-16,18H2,1H3,(H,36,37). The summed E-state index contributed by atoms with van der Waals surface area (Å²) in [5, 5.41) is 12.1. The molecule has 5 nitrogen and oxygen atoms in total. The van der Waals surface area contributed by atoms with Crippen LogP contribution in [-0.2, 0) is 17.8 Å². The number of benzene rings is 3. The van der Waals surface area contributed by atoms with Crippen molar-refractivity contribution < 1.29 is 27.8 Å². The number of aryl methyl sites for hydroxylation is 1. The van der Waals surface area contributed by atoms with Crippen molar-refractivity contribution in [2.75, 3.05) is 20.2 Å². The molecule has 8 heteroatoms. The topological polar surface area (TPSA) is 62.7 Å². The van der Waals surface area contributed by atoms with E-state index in [1.165, 1.54) is 0 Å². The van der Waals surface area contributed by atoms with E-state index in [-0.39, 0.29) is 19.3 Å². The molecule has 0 spiro atoms. The predicted molar refractivity (Wildman–Crippen MR) is 141 cm³/mol. The maximum absolute atomic E-state index is 13.2. The van der Waals surface area contributed by atoms with Crippen molar-refractivity contribution >= 4 is 27.6 Å². The number of ether oxygens (including phenoxy) is 1. The van der Waals surface area contributed by atoms with Crippen molar-refractivity contribution in [1.82, 2.24) is 9.88 Å². The molecule has 1 saturated heterocycles. The molecule has 0 amide bonds. The summed E-state index contributed by atoms with van der Waals surface area (Å²) >= 11 is 0. The van der Waals surface area contributed by atoms with Gasteiger partial charge < -0.3 is 9.84 Å². The predicted octanol–water partition coefficient (Wildman–Crippen LogP) is 6.86. The average Bonchev–Trinajstić information content (AvgIpc) is 2.91. The number of aliphatic carboxylic acids is 1. The van der Waals surface area contributed by atoms with Gasteiger partial charge in [-0.1, -0.05) is 42.5 Å². The Morgan fingerprint density at radius 3 is 2.45 bits per heavy atom. The lowest BCUT2D eigenvalue weighted by molar-refractivity contribution is -0.185. The van der Waals surface area contributed by atoms with E-state index in [1.54, 1.807) is 13.3 Å². The van der Waals surface area contributed by atoms with Crippen LogP contribution in [0.15, 0.2) is 60.8 Å². The lowest BCUT2D eigenvalue weighted by Gasteiger charge is -2.33. The maximum atomic E-state index is 13.2. The first-order valence-electron chi connectivity index (χ1n) is 12.7. The molecule has 0 bridgehead atoms. The summed E-state index contributed by atoms with van der Waals surface area (Å²) in [6.07, 6.45) is -1.72. The van der Waals surface area contributed by atoms with Crippen LogP contribution in [0.5, 0.6) is 5.75 Å². The van der Waals surface area contributed by atoms with Crippen LogP contribution >= 0.6 is 0 Å². The number of carboxylic acid groups (broad SMARTS) is 1. The zero-order valence-electron chi connectivity index (χ0n) is 21.1. The summed E-state index contributed by atoms with van der Waals surface area (Å²) < 4.78 is 45.3. The third-order valence-corrected chi connectivity index (χ3v) is 7.50. The van der Waals surface area contributed by atoms with Crippen LogP contribution in [0.3, 0.4) is 0 Å². The van der Waals surface area contributed by atoms with Crippen molar-refractivity contribution in [3.63, 3.8) is 0 Å². The van der Waals surface area contributed by atoms with Gasteiger partial charge in [-0.15, -0.1) is 0 Å². The molecule has 1 aromatic heterocycles. The van der Waals surface area contributed by atoms with Gasteiger partial charge in [0, 0.05) is 24.5 Å². The molecule has 4 aromatic rings. The molecule has 5 rings (SSSR count). The normalized spacial score (nSPS) is 15.3. The summed E-state index contributed by atoms with van der Waals surface area (Å²) in [6, 6.07) is 17.7. The zero-order chi connectivity index (χ0) is 26.9. The number of hydrogen-bond acceptors (Lipinski definition) is 4. The van der Waals surface area contributed by atoms with Gasteiger partial charge in [0.05, 0.1) is 24.1 Å². The Labute approximate surface area is 218 Å². The van der Waals surface area contributed by atoms with E-state index >= 15 is 0 Å². The van der Waals surface area contributed by atoms with Gasteiger partial charge in [0.1, 0.15) is 5.75 Å². The van der Waals surface area contributed by atoms with Crippen molar-refractivity contribution in [3.8, 4) is 16.9 Å². The van der Waals surface area contributed by atoms with Gasteiger partial charge in [0.2, 0.25) is 0 Å². The Bertz CT molecular complexity index is 1480. The number of halogens is 3. The number of pyridine rings is 1. The molecule has 0 atom stereocenters. The number of rotatable bonds is 7. The molecule has 0 radical (unpaired) electrons. The highest BCUT2D eigenvalue weighted by atomic mass is 19.4. The van der Waals surface area contributed by atoms with E-state index in [2.05, 4.69) is 4.90 Å². The van der Waals surface area contributed by atoms with E-state index in [4.69, 9.17) is 9.72 Å². The minimum atomic E-state index is -4.14. The molecule has 2 heterocycles. The SMILES string of the molecule is COc1cc(CN2CCC(C(F)(F)F)CC2)c2cccnc2c1-c1cccc2c(CCC(=O)O)cccc12. The van der Waals surface area contributed by atoms with Crippen LogP contribution in [-0.4, -0.2) is 47.3 Å². The molecule has 0 saturated carbocycles. The quantitative estimate of drug-likeness (QED) is 0.288. The van der Waals surface area contributed by atoms with Gasteiger partial charge >= 0.3 is 12.1 Å². The fraction of sp³-hybridized carbons (Fsp3) is 0.333. The number of piperidine rings is 1. The molecule has 198 valence electrons. The lowest BCUT2D eigenvalue weighted by Crippen LogP contribution is -2.38. The van der Waals surface area contributed by atoms with Gasteiger partial charge in [-0.05, 0) is 71.9 Å². The van der Waals surface area contributed by atoms with E-state index < -0.39 is 18.1 Å². The number of nitrogens with zero attached hydrogens (tertiary/aromatic N) is 2. The average molecular weight is 523 g/mol. The minimum absolute atomic E-state index is 0.0477. The highest BCUT2D eigenvalue weighted by Crippen LogP contribution is 2.42. The van der Waals surface area contributed by atoms with Crippen molar-refractivity contribution in [2.24, 2.45) is 5.92 Å². The van der Waals surface area contributed by atoms with Gasteiger partial charge in [0.15, 0.2) is 0 Å². The van der Waals surface area contributed by atoms with Crippen LogP contribution < -0.4 is 4.74 Å². The smallest absolute Gasteiger partial charge is 0.391 e. The third kappa shape index (κ3) is 5.18.